The molecular formula is C21H26N4O3S. The fraction of sp³-hybridized carbons (Fsp3) is 0.381. The van der Waals surface area contributed by atoms with Gasteiger partial charge in [-0.1, -0.05) is 29.5 Å². The SMILES string of the molecule is COCCCn1c(SCC(=O)Nc2ccc(C)cc2C)nnc1-c1ccoc1C. The number of rotatable bonds is 9. The van der Waals surface area contributed by atoms with Crippen LogP contribution in [-0.4, -0.2) is 40.1 Å². The van der Waals surface area contributed by atoms with Crippen LogP contribution in [0.1, 0.15) is 23.3 Å². The summed E-state index contributed by atoms with van der Waals surface area (Å²) >= 11 is 1.37. The van der Waals surface area contributed by atoms with Gasteiger partial charge >= 0.3 is 0 Å². The first kappa shape index (κ1) is 21.1. The first-order chi connectivity index (χ1) is 14.0. The van der Waals surface area contributed by atoms with Gasteiger partial charge in [-0.05, 0) is 44.9 Å². The number of carbonyl (C=O) groups excluding carboxylic acids is 1. The van der Waals surface area contributed by atoms with Crippen molar-refractivity contribution in [2.24, 2.45) is 0 Å². The third-order valence-corrected chi connectivity index (χ3v) is 5.50. The van der Waals surface area contributed by atoms with Crippen LogP contribution in [0.15, 0.2) is 40.1 Å². The van der Waals surface area contributed by atoms with Gasteiger partial charge in [-0.3, -0.25) is 4.79 Å². The van der Waals surface area contributed by atoms with Crippen molar-refractivity contribution < 1.29 is 13.9 Å². The van der Waals surface area contributed by atoms with Gasteiger partial charge in [-0.2, -0.15) is 0 Å². The highest BCUT2D eigenvalue weighted by molar-refractivity contribution is 7.99. The molecule has 8 heteroatoms. The molecule has 0 aliphatic heterocycles. The summed E-state index contributed by atoms with van der Waals surface area (Å²) in [7, 11) is 1.68. The molecule has 0 saturated heterocycles. The zero-order valence-electron chi connectivity index (χ0n) is 17.2. The molecule has 7 nitrogen and oxygen atoms in total. The lowest BCUT2D eigenvalue weighted by molar-refractivity contribution is -0.113. The van der Waals surface area contributed by atoms with E-state index in [2.05, 4.69) is 21.6 Å². The van der Waals surface area contributed by atoms with Crippen LogP contribution in [0.3, 0.4) is 0 Å². The topological polar surface area (TPSA) is 82.2 Å². The molecule has 1 N–H and O–H groups in total. The number of hydrogen-bond donors (Lipinski definition) is 1. The lowest BCUT2D eigenvalue weighted by atomic mass is 10.1. The van der Waals surface area contributed by atoms with E-state index < -0.39 is 0 Å². The average molecular weight is 415 g/mol. The smallest absolute Gasteiger partial charge is 0.234 e. The summed E-state index contributed by atoms with van der Waals surface area (Å²) in [4.78, 5) is 12.5. The lowest BCUT2D eigenvalue weighted by Gasteiger charge is -2.11. The Morgan fingerprint density at radius 3 is 2.76 bits per heavy atom. The van der Waals surface area contributed by atoms with Crippen LogP contribution in [0, 0.1) is 20.8 Å². The second-order valence-electron chi connectivity index (χ2n) is 6.85. The minimum atomic E-state index is -0.0746. The van der Waals surface area contributed by atoms with Crippen molar-refractivity contribution in [3.8, 4) is 11.4 Å². The first-order valence-corrected chi connectivity index (χ1v) is 10.4. The summed E-state index contributed by atoms with van der Waals surface area (Å²) in [6, 6.07) is 7.85. The van der Waals surface area contributed by atoms with Crippen LogP contribution < -0.4 is 5.32 Å². The number of aromatic nitrogens is 3. The molecule has 0 unspecified atom stereocenters. The van der Waals surface area contributed by atoms with Gasteiger partial charge in [0.15, 0.2) is 11.0 Å². The maximum Gasteiger partial charge on any atom is 0.234 e. The van der Waals surface area contributed by atoms with E-state index >= 15 is 0 Å². The number of amides is 1. The quantitative estimate of drug-likeness (QED) is 0.417. The monoisotopic (exact) mass is 414 g/mol. The van der Waals surface area contributed by atoms with E-state index in [1.54, 1.807) is 13.4 Å². The van der Waals surface area contributed by atoms with Crippen LogP contribution in [0.5, 0.6) is 0 Å². The van der Waals surface area contributed by atoms with E-state index in [1.165, 1.54) is 17.3 Å². The van der Waals surface area contributed by atoms with Gasteiger partial charge < -0.3 is 19.0 Å². The minimum Gasteiger partial charge on any atom is -0.469 e. The largest absolute Gasteiger partial charge is 0.469 e. The van der Waals surface area contributed by atoms with E-state index in [0.29, 0.717) is 18.3 Å². The predicted molar refractivity (Wildman–Crippen MR) is 114 cm³/mol. The maximum atomic E-state index is 12.5. The number of nitrogens with zero attached hydrogens (tertiary/aromatic N) is 3. The zero-order chi connectivity index (χ0) is 20.8. The fourth-order valence-corrected chi connectivity index (χ4v) is 3.81. The molecule has 0 fully saturated rings. The Bertz CT molecular complexity index is 980. The molecule has 0 radical (unpaired) electrons. The Hall–Kier alpha value is -2.58. The second-order valence-corrected chi connectivity index (χ2v) is 7.79. The molecule has 0 saturated carbocycles. The summed E-state index contributed by atoms with van der Waals surface area (Å²) in [5.41, 5.74) is 3.95. The number of nitrogens with one attached hydrogen (secondary N) is 1. The Morgan fingerprint density at radius 1 is 1.24 bits per heavy atom. The number of furan rings is 1. The molecule has 154 valence electrons. The molecule has 3 aromatic rings. The van der Waals surface area contributed by atoms with Crippen molar-refractivity contribution in [2.75, 3.05) is 24.8 Å². The predicted octanol–water partition coefficient (Wildman–Crippen LogP) is 4.23. The molecule has 29 heavy (non-hydrogen) atoms. The number of aryl methyl sites for hydroxylation is 3. The van der Waals surface area contributed by atoms with Gasteiger partial charge in [-0.15, -0.1) is 10.2 Å². The Labute approximate surface area is 174 Å². The highest BCUT2D eigenvalue weighted by Gasteiger charge is 2.18. The van der Waals surface area contributed by atoms with Gasteiger partial charge in [0.2, 0.25) is 5.91 Å². The molecule has 0 atom stereocenters. The molecule has 2 aromatic heterocycles. The van der Waals surface area contributed by atoms with Crippen LogP contribution in [0.2, 0.25) is 0 Å². The third kappa shape index (κ3) is 5.27. The lowest BCUT2D eigenvalue weighted by Crippen LogP contribution is -2.15. The second kappa shape index (κ2) is 9.76. The highest BCUT2D eigenvalue weighted by atomic mass is 32.2. The molecule has 0 spiro atoms. The average Bonchev–Trinajstić information content (AvgIpc) is 3.28. The van der Waals surface area contributed by atoms with Crippen molar-refractivity contribution in [3.63, 3.8) is 0 Å². The minimum absolute atomic E-state index is 0.0746. The Kier molecular flexibility index (Phi) is 7.11. The van der Waals surface area contributed by atoms with Crippen molar-refractivity contribution in [1.29, 1.82) is 0 Å². The van der Waals surface area contributed by atoms with Crippen molar-refractivity contribution in [1.82, 2.24) is 14.8 Å². The summed E-state index contributed by atoms with van der Waals surface area (Å²) < 4.78 is 12.6. The van der Waals surface area contributed by atoms with Crippen molar-refractivity contribution >= 4 is 23.4 Å². The van der Waals surface area contributed by atoms with E-state index in [0.717, 1.165) is 34.8 Å². The van der Waals surface area contributed by atoms with E-state index in [4.69, 9.17) is 9.15 Å². The molecule has 0 aliphatic rings. The van der Waals surface area contributed by atoms with Crippen LogP contribution >= 0.6 is 11.8 Å². The summed E-state index contributed by atoms with van der Waals surface area (Å²) in [6.45, 7) is 7.25. The summed E-state index contributed by atoms with van der Waals surface area (Å²) in [6.07, 6.45) is 2.46. The van der Waals surface area contributed by atoms with Gasteiger partial charge in [-0.25, -0.2) is 0 Å². The van der Waals surface area contributed by atoms with Crippen molar-refractivity contribution in [2.45, 2.75) is 38.9 Å². The van der Waals surface area contributed by atoms with Crippen LogP contribution in [-0.2, 0) is 16.1 Å². The molecule has 1 amide bonds. The van der Waals surface area contributed by atoms with Crippen LogP contribution in [0.25, 0.3) is 11.4 Å². The summed E-state index contributed by atoms with van der Waals surface area (Å²) in [5.74, 6) is 1.70. The highest BCUT2D eigenvalue weighted by Crippen LogP contribution is 2.27. The standard InChI is InChI=1S/C21H26N4O3S/c1-14-6-7-18(15(2)12-14)22-19(26)13-29-21-24-23-20(17-8-11-28-16(17)3)25(21)9-5-10-27-4/h6-8,11-12H,5,9-10,13H2,1-4H3,(H,22,26). The van der Waals surface area contributed by atoms with Gasteiger partial charge in [0.05, 0.1) is 17.6 Å². The zero-order valence-corrected chi connectivity index (χ0v) is 18.0. The Morgan fingerprint density at radius 2 is 2.07 bits per heavy atom. The van der Waals surface area contributed by atoms with E-state index in [1.807, 2.05) is 43.5 Å². The molecule has 0 aliphatic carbocycles. The number of carbonyl (C=O) groups is 1. The number of hydrogen-bond acceptors (Lipinski definition) is 6. The number of ether oxygens (including phenoxy) is 1. The molecule has 2 heterocycles. The molecule has 1 aromatic carbocycles. The van der Waals surface area contributed by atoms with Crippen molar-refractivity contribution in [3.05, 3.63) is 47.4 Å². The van der Waals surface area contributed by atoms with E-state index in [9.17, 15) is 4.79 Å². The molecular weight excluding hydrogens is 388 g/mol. The van der Waals surface area contributed by atoms with Crippen LogP contribution in [0.4, 0.5) is 5.69 Å². The van der Waals surface area contributed by atoms with E-state index in [-0.39, 0.29) is 11.7 Å². The fourth-order valence-electron chi connectivity index (χ4n) is 3.05. The maximum absolute atomic E-state index is 12.5. The molecule has 3 rings (SSSR count). The third-order valence-electron chi connectivity index (χ3n) is 4.54. The van der Waals surface area contributed by atoms with Gasteiger partial charge in [0, 0.05) is 25.9 Å². The Balaban J connectivity index is 1.71. The first-order valence-electron chi connectivity index (χ1n) is 9.46. The summed E-state index contributed by atoms with van der Waals surface area (Å²) in [5, 5.41) is 12.3. The molecule has 0 bridgehead atoms. The number of methoxy groups -OCH3 is 1. The van der Waals surface area contributed by atoms with Gasteiger partial charge in [0.1, 0.15) is 5.76 Å². The number of anilines is 1. The van der Waals surface area contributed by atoms with Gasteiger partial charge in [0.25, 0.3) is 0 Å². The number of benzene rings is 1. The number of thioether (sulfide) groups is 1. The normalized spacial score (nSPS) is 11.0.